The predicted molar refractivity (Wildman–Crippen MR) is 61.6 cm³/mol. The summed E-state index contributed by atoms with van der Waals surface area (Å²) < 4.78 is 0. The highest BCUT2D eigenvalue weighted by molar-refractivity contribution is 6.04. The summed E-state index contributed by atoms with van der Waals surface area (Å²) in [6.45, 7) is 3.27. The van der Waals surface area contributed by atoms with Gasteiger partial charge >= 0.3 is 0 Å². The van der Waals surface area contributed by atoms with Crippen molar-refractivity contribution in [2.45, 2.75) is 26.7 Å². The van der Waals surface area contributed by atoms with Gasteiger partial charge in [0.2, 0.25) is 5.91 Å². The molecule has 0 unspecified atom stereocenters. The van der Waals surface area contributed by atoms with Gasteiger partial charge < -0.3 is 10.4 Å². The number of Topliss-reactive ketones (excluding diaryl/α,β-unsaturated/α-hetero) is 1. The molecule has 0 saturated heterocycles. The second kappa shape index (κ2) is 5.30. The minimum Gasteiger partial charge on any atom is -0.508 e. The standard InChI is InChI=1S/C12H15NO3/c1-3-4-12(16)10-6-5-9(15)7-11(10)13-8(2)14/h5-7,15H,3-4H2,1-2H3,(H,13,14). The molecule has 0 aliphatic carbocycles. The van der Waals surface area contributed by atoms with Gasteiger partial charge in [-0.2, -0.15) is 0 Å². The van der Waals surface area contributed by atoms with Crippen molar-refractivity contribution in [3.05, 3.63) is 23.8 Å². The number of carbonyl (C=O) groups is 2. The SMILES string of the molecule is CCCC(=O)c1ccc(O)cc1NC(C)=O. The number of phenols is 1. The molecule has 1 rings (SSSR count). The number of anilines is 1. The lowest BCUT2D eigenvalue weighted by molar-refractivity contribution is -0.114. The third-order valence-corrected chi connectivity index (χ3v) is 2.09. The van der Waals surface area contributed by atoms with E-state index in [0.717, 1.165) is 6.42 Å². The van der Waals surface area contributed by atoms with Gasteiger partial charge in [0, 0.05) is 25.0 Å². The molecule has 0 spiro atoms. The summed E-state index contributed by atoms with van der Waals surface area (Å²) in [4.78, 5) is 22.7. The average molecular weight is 221 g/mol. The van der Waals surface area contributed by atoms with Crippen molar-refractivity contribution >= 4 is 17.4 Å². The third-order valence-electron chi connectivity index (χ3n) is 2.09. The van der Waals surface area contributed by atoms with E-state index in [1.165, 1.54) is 25.1 Å². The van der Waals surface area contributed by atoms with Gasteiger partial charge in [0.25, 0.3) is 0 Å². The minimum atomic E-state index is -0.267. The number of aromatic hydroxyl groups is 1. The van der Waals surface area contributed by atoms with Crippen molar-refractivity contribution in [1.29, 1.82) is 0 Å². The maximum Gasteiger partial charge on any atom is 0.221 e. The molecule has 0 heterocycles. The Morgan fingerprint density at radius 3 is 2.62 bits per heavy atom. The zero-order valence-corrected chi connectivity index (χ0v) is 9.41. The summed E-state index contributed by atoms with van der Waals surface area (Å²) in [5.74, 6) is -0.279. The number of amides is 1. The molecule has 16 heavy (non-hydrogen) atoms. The smallest absolute Gasteiger partial charge is 0.221 e. The average Bonchev–Trinajstić information content (AvgIpc) is 2.16. The van der Waals surface area contributed by atoms with Crippen LogP contribution in [0, 0.1) is 0 Å². The van der Waals surface area contributed by atoms with E-state index in [4.69, 9.17) is 0 Å². The van der Waals surface area contributed by atoms with Crippen molar-refractivity contribution in [3.63, 3.8) is 0 Å². The molecule has 4 heteroatoms. The number of carbonyl (C=O) groups excluding carboxylic acids is 2. The van der Waals surface area contributed by atoms with Crippen molar-refractivity contribution in [1.82, 2.24) is 0 Å². The Bertz CT molecular complexity index is 413. The van der Waals surface area contributed by atoms with Gasteiger partial charge in [-0.25, -0.2) is 0 Å². The van der Waals surface area contributed by atoms with Gasteiger partial charge in [-0.1, -0.05) is 6.92 Å². The quantitative estimate of drug-likeness (QED) is 0.767. The summed E-state index contributed by atoms with van der Waals surface area (Å²) in [7, 11) is 0. The molecular formula is C12H15NO3. The summed E-state index contributed by atoms with van der Waals surface area (Å²) in [6.07, 6.45) is 1.18. The minimum absolute atomic E-state index is 0.0248. The van der Waals surface area contributed by atoms with Crippen LogP contribution in [-0.2, 0) is 4.79 Å². The maximum atomic E-state index is 11.7. The van der Waals surface area contributed by atoms with Crippen molar-refractivity contribution in [3.8, 4) is 5.75 Å². The third kappa shape index (κ3) is 3.08. The summed E-state index contributed by atoms with van der Waals surface area (Å²) in [6, 6.07) is 4.34. The van der Waals surface area contributed by atoms with E-state index < -0.39 is 0 Å². The van der Waals surface area contributed by atoms with Crippen LogP contribution in [0.3, 0.4) is 0 Å². The first kappa shape index (κ1) is 12.2. The Morgan fingerprint density at radius 1 is 1.38 bits per heavy atom. The molecule has 1 aromatic rings. The van der Waals surface area contributed by atoms with E-state index in [9.17, 15) is 14.7 Å². The highest BCUT2D eigenvalue weighted by Gasteiger charge is 2.12. The van der Waals surface area contributed by atoms with Gasteiger partial charge in [-0.3, -0.25) is 9.59 Å². The molecule has 86 valence electrons. The van der Waals surface area contributed by atoms with Crippen LogP contribution in [0.25, 0.3) is 0 Å². The molecule has 0 aliphatic heterocycles. The van der Waals surface area contributed by atoms with Gasteiger partial charge in [-0.05, 0) is 18.6 Å². The fraction of sp³-hybridized carbons (Fsp3) is 0.333. The molecule has 0 aromatic heterocycles. The zero-order valence-electron chi connectivity index (χ0n) is 9.41. The lowest BCUT2D eigenvalue weighted by atomic mass is 10.0. The molecule has 1 amide bonds. The lowest BCUT2D eigenvalue weighted by Crippen LogP contribution is -2.10. The van der Waals surface area contributed by atoms with Crippen LogP contribution in [0.1, 0.15) is 37.0 Å². The molecule has 0 atom stereocenters. The molecule has 0 fully saturated rings. The Balaban J connectivity index is 3.06. The second-order valence-electron chi connectivity index (χ2n) is 3.58. The molecular weight excluding hydrogens is 206 g/mol. The number of hydrogen-bond acceptors (Lipinski definition) is 3. The first-order valence-electron chi connectivity index (χ1n) is 5.18. The van der Waals surface area contributed by atoms with E-state index in [1.807, 2.05) is 6.92 Å². The van der Waals surface area contributed by atoms with E-state index in [2.05, 4.69) is 5.32 Å². The first-order valence-corrected chi connectivity index (χ1v) is 5.18. The normalized spacial score (nSPS) is 9.88. The summed E-state index contributed by atoms with van der Waals surface area (Å²) in [5.41, 5.74) is 0.806. The maximum absolute atomic E-state index is 11.7. The number of benzene rings is 1. The van der Waals surface area contributed by atoms with Crippen LogP contribution >= 0.6 is 0 Å². The molecule has 0 aliphatic rings. The molecule has 0 bridgehead atoms. The van der Waals surface area contributed by atoms with Crippen LogP contribution < -0.4 is 5.32 Å². The Morgan fingerprint density at radius 2 is 2.06 bits per heavy atom. The number of nitrogens with one attached hydrogen (secondary N) is 1. The van der Waals surface area contributed by atoms with Crippen molar-refractivity contribution in [2.75, 3.05) is 5.32 Å². The van der Waals surface area contributed by atoms with Crippen molar-refractivity contribution in [2.24, 2.45) is 0 Å². The Labute approximate surface area is 94.3 Å². The molecule has 0 radical (unpaired) electrons. The molecule has 1 aromatic carbocycles. The van der Waals surface area contributed by atoms with Crippen molar-refractivity contribution < 1.29 is 14.7 Å². The van der Waals surface area contributed by atoms with Crippen LogP contribution in [0.2, 0.25) is 0 Å². The van der Waals surface area contributed by atoms with Gasteiger partial charge in [-0.15, -0.1) is 0 Å². The van der Waals surface area contributed by atoms with Gasteiger partial charge in [0.1, 0.15) is 5.75 Å². The van der Waals surface area contributed by atoms with E-state index in [0.29, 0.717) is 17.7 Å². The number of rotatable bonds is 4. The fourth-order valence-electron chi connectivity index (χ4n) is 1.43. The summed E-state index contributed by atoms with van der Waals surface area (Å²) in [5, 5.41) is 11.8. The highest BCUT2D eigenvalue weighted by Crippen LogP contribution is 2.23. The fourth-order valence-corrected chi connectivity index (χ4v) is 1.43. The Hall–Kier alpha value is -1.84. The second-order valence-corrected chi connectivity index (χ2v) is 3.58. The van der Waals surface area contributed by atoms with Crippen LogP contribution in [0.15, 0.2) is 18.2 Å². The monoisotopic (exact) mass is 221 g/mol. The molecule has 0 saturated carbocycles. The van der Waals surface area contributed by atoms with E-state index in [1.54, 1.807) is 0 Å². The zero-order chi connectivity index (χ0) is 12.1. The van der Waals surface area contributed by atoms with Crippen LogP contribution in [-0.4, -0.2) is 16.8 Å². The van der Waals surface area contributed by atoms with Crippen LogP contribution in [0.5, 0.6) is 5.75 Å². The largest absolute Gasteiger partial charge is 0.508 e. The first-order chi connectivity index (χ1) is 7.54. The van der Waals surface area contributed by atoms with Gasteiger partial charge in [0.15, 0.2) is 5.78 Å². The van der Waals surface area contributed by atoms with Crippen LogP contribution in [0.4, 0.5) is 5.69 Å². The Kier molecular flexibility index (Phi) is 4.05. The predicted octanol–water partition coefficient (Wildman–Crippen LogP) is 2.33. The number of phenolic OH excluding ortho intramolecular Hbond substituents is 1. The highest BCUT2D eigenvalue weighted by atomic mass is 16.3. The molecule has 2 N–H and O–H groups in total. The number of ketones is 1. The topological polar surface area (TPSA) is 66.4 Å². The van der Waals surface area contributed by atoms with E-state index >= 15 is 0 Å². The lowest BCUT2D eigenvalue weighted by Gasteiger charge is -2.09. The summed E-state index contributed by atoms with van der Waals surface area (Å²) >= 11 is 0. The molecule has 4 nitrogen and oxygen atoms in total. The number of hydrogen-bond donors (Lipinski definition) is 2. The van der Waals surface area contributed by atoms with Gasteiger partial charge in [0.05, 0.1) is 5.69 Å². The van der Waals surface area contributed by atoms with E-state index in [-0.39, 0.29) is 17.4 Å².